The highest BCUT2D eigenvalue weighted by atomic mass is 32.2. The molecule has 0 aliphatic heterocycles. The Morgan fingerprint density at radius 2 is 2.22 bits per heavy atom. The molecule has 3 aromatic rings. The molecule has 0 radical (unpaired) electrons. The summed E-state index contributed by atoms with van der Waals surface area (Å²) in [5, 5.41) is 14.3. The highest BCUT2D eigenvalue weighted by Crippen LogP contribution is 2.31. The lowest BCUT2D eigenvalue weighted by molar-refractivity contribution is -0.133. The number of furan rings is 1. The molecule has 23 heavy (non-hydrogen) atoms. The maximum Gasteiger partial charge on any atom is 0.313 e. The van der Waals surface area contributed by atoms with E-state index in [0.29, 0.717) is 17.4 Å². The predicted molar refractivity (Wildman–Crippen MR) is 83.5 cm³/mol. The summed E-state index contributed by atoms with van der Waals surface area (Å²) in [6.45, 7) is 0. The van der Waals surface area contributed by atoms with Gasteiger partial charge in [-0.25, -0.2) is 4.98 Å². The molecule has 0 unspecified atom stereocenters. The van der Waals surface area contributed by atoms with Crippen LogP contribution in [0.3, 0.4) is 0 Å². The molecule has 0 amide bonds. The molecule has 0 spiro atoms. The van der Waals surface area contributed by atoms with E-state index in [2.05, 4.69) is 15.1 Å². The number of aryl methyl sites for hydroxylation is 1. The monoisotopic (exact) mass is 330 g/mol. The molecule has 8 heteroatoms. The number of fused-ring (bicyclic) bond motifs is 2. The lowest BCUT2D eigenvalue weighted by atomic mass is 9.97. The van der Waals surface area contributed by atoms with Crippen molar-refractivity contribution in [3.8, 4) is 11.6 Å². The first-order valence-electron chi connectivity index (χ1n) is 7.39. The zero-order chi connectivity index (χ0) is 15.8. The molecular formula is C15H14N4O3S. The maximum atomic E-state index is 11.0. The van der Waals surface area contributed by atoms with Crippen LogP contribution in [-0.4, -0.2) is 36.4 Å². The van der Waals surface area contributed by atoms with Crippen molar-refractivity contribution in [3.63, 3.8) is 0 Å². The number of carbonyl (C=O) groups is 1. The number of nitrogens with zero attached hydrogens (tertiary/aromatic N) is 4. The third-order valence-corrected chi connectivity index (χ3v) is 4.87. The molecule has 0 saturated carbocycles. The molecule has 3 aromatic heterocycles. The van der Waals surface area contributed by atoms with Gasteiger partial charge in [-0.2, -0.15) is 9.50 Å². The SMILES string of the molecule is O=C(O)CSc1c2c(nc3nc(-c4ccco4)nn13)CCCC2. The van der Waals surface area contributed by atoms with Gasteiger partial charge in [-0.1, -0.05) is 11.8 Å². The van der Waals surface area contributed by atoms with Crippen molar-refractivity contribution in [2.45, 2.75) is 30.7 Å². The minimum absolute atomic E-state index is 0.0124. The van der Waals surface area contributed by atoms with Crippen molar-refractivity contribution in [1.82, 2.24) is 19.6 Å². The zero-order valence-electron chi connectivity index (χ0n) is 12.2. The van der Waals surface area contributed by atoms with E-state index in [4.69, 9.17) is 9.52 Å². The molecule has 1 N–H and O–H groups in total. The quantitative estimate of drug-likeness (QED) is 0.580. The second-order valence-corrected chi connectivity index (χ2v) is 6.32. The van der Waals surface area contributed by atoms with Crippen LogP contribution < -0.4 is 0 Å². The van der Waals surface area contributed by atoms with Gasteiger partial charge in [0, 0.05) is 5.56 Å². The Bertz CT molecular complexity index is 873. The molecule has 7 nitrogen and oxygen atoms in total. The van der Waals surface area contributed by atoms with Gasteiger partial charge in [0.05, 0.1) is 17.7 Å². The fraction of sp³-hybridized carbons (Fsp3) is 0.333. The highest BCUT2D eigenvalue weighted by Gasteiger charge is 2.22. The number of hydrogen-bond acceptors (Lipinski definition) is 6. The van der Waals surface area contributed by atoms with E-state index in [1.54, 1.807) is 22.9 Å². The summed E-state index contributed by atoms with van der Waals surface area (Å²) in [4.78, 5) is 20.0. The summed E-state index contributed by atoms with van der Waals surface area (Å²) in [6, 6.07) is 3.57. The van der Waals surface area contributed by atoms with Crippen molar-refractivity contribution >= 4 is 23.5 Å². The van der Waals surface area contributed by atoms with Crippen LogP contribution in [0.1, 0.15) is 24.1 Å². The number of hydrogen-bond donors (Lipinski definition) is 1. The van der Waals surface area contributed by atoms with Gasteiger partial charge in [-0.3, -0.25) is 4.79 Å². The maximum absolute atomic E-state index is 11.0. The number of aromatic nitrogens is 4. The normalized spacial score (nSPS) is 14.1. The van der Waals surface area contributed by atoms with Crippen LogP contribution in [0.5, 0.6) is 0 Å². The molecular weight excluding hydrogens is 316 g/mol. The van der Waals surface area contributed by atoms with Gasteiger partial charge in [-0.15, -0.1) is 5.10 Å². The summed E-state index contributed by atoms with van der Waals surface area (Å²) in [6.07, 6.45) is 5.55. The van der Waals surface area contributed by atoms with Crippen molar-refractivity contribution in [3.05, 3.63) is 29.7 Å². The summed E-state index contributed by atoms with van der Waals surface area (Å²) in [7, 11) is 0. The minimum atomic E-state index is -0.851. The second kappa shape index (κ2) is 5.69. The van der Waals surface area contributed by atoms with E-state index in [0.717, 1.165) is 42.0 Å². The molecule has 0 bridgehead atoms. The fourth-order valence-corrected chi connectivity index (χ4v) is 3.69. The van der Waals surface area contributed by atoms with Gasteiger partial charge in [0.1, 0.15) is 5.03 Å². The number of aliphatic carboxylic acids is 1. The molecule has 118 valence electrons. The van der Waals surface area contributed by atoms with Crippen LogP contribution in [0.2, 0.25) is 0 Å². The van der Waals surface area contributed by atoms with E-state index >= 15 is 0 Å². The van der Waals surface area contributed by atoms with Gasteiger partial charge < -0.3 is 9.52 Å². The number of carboxylic acids is 1. The topological polar surface area (TPSA) is 93.5 Å². The van der Waals surface area contributed by atoms with Crippen LogP contribution in [0, 0.1) is 0 Å². The second-order valence-electron chi connectivity index (χ2n) is 5.36. The molecule has 0 aromatic carbocycles. The molecule has 4 rings (SSSR count). The third-order valence-electron chi connectivity index (χ3n) is 3.79. The number of thioether (sulfide) groups is 1. The first-order chi connectivity index (χ1) is 11.2. The van der Waals surface area contributed by atoms with Crippen LogP contribution in [0.25, 0.3) is 17.4 Å². The minimum Gasteiger partial charge on any atom is -0.481 e. The molecule has 0 saturated heterocycles. The smallest absolute Gasteiger partial charge is 0.313 e. The fourth-order valence-electron chi connectivity index (χ4n) is 2.79. The van der Waals surface area contributed by atoms with E-state index in [1.165, 1.54) is 11.8 Å². The van der Waals surface area contributed by atoms with Crippen LogP contribution >= 0.6 is 11.8 Å². The Morgan fingerprint density at radius 1 is 1.35 bits per heavy atom. The van der Waals surface area contributed by atoms with Gasteiger partial charge in [0.25, 0.3) is 5.78 Å². The van der Waals surface area contributed by atoms with E-state index in [-0.39, 0.29) is 5.75 Å². The summed E-state index contributed by atoms with van der Waals surface area (Å²) in [5.41, 5.74) is 2.11. The summed E-state index contributed by atoms with van der Waals surface area (Å²) >= 11 is 1.27. The average Bonchev–Trinajstić information content (AvgIpc) is 3.19. The lowest BCUT2D eigenvalue weighted by Crippen LogP contribution is -2.12. The molecule has 0 fully saturated rings. The van der Waals surface area contributed by atoms with Crippen molar-refractivity contribution in [2.75, 3.05) is 5.75 Å². The van der Waals surface area contributed by atoms with Crippen molar-refractivity contribution in [2.24, 2.45) is 0 Å². The van der Waals surface area contributed by atoms with Gasteiger partial charge >= 0.3 is 5.97 Å². The van der Waals surface area contributed by atoms with Crippen LogP contribution in [-0.2, 0) is 17.6 Å². The van der Waals surface area contributed by atoms with Crippen molar-refractivity contribution < 1.29 is 14.3 Å². The van der Waals surface area contributed by atoms with Crippen molar-refractivity contribution in [1.29, 1.82) is 0 Å². The first-order valence-corrected chi connectivity index (χ1v) is 8.38. The van der Waals surface area contributed by atoms with Gasteiger partial charge in [0.15, 0.2) is 5.76 Å². The standard InChI is InChI=1S/C15H14N4O3S/c20-12(21)8-23-14-9-4-1-2-5-10(9)16-15-17-13(18-19(14)15)11-6-3-7-22-11/h3,6-7H,1-2,4-5,8H2,(H,20,21). The molecule has 3 heterocycles. The Morgan fingerprint density at radius 3 is 3.00 bits per heavy atom. The molecule has 1 aliphatic carbocycles. The predicted octanol–water partition coefficient (Wildman–Crippen LogP) is 2.44. The largest absolute Gasteiger partial charge is 0.481 e. The first kappa shape index (κ1) is 14.3. The molecule has 1 aliphatic rings. The summed E-state index contributed by atoms with van der Waals surface area (Å²) in [5.74, 6) is 0.659. The Labute approximate surface area is 135 Å². The molecule has 0 atom stereocenters. The van der Waals surface area contributed by atoms with Crippen LogP contribution in [0.15, 0.2) is 27.8 Å². The number of carboxylic acid groups (broad SMARTS) is 1. The van der Waals surface area contributed by atoms with Gasteiger partial charge in [0.2, 0.25) is 5.82 Å². The van der Waals surface area contributed by atoms with Gasteiger partial charge in [-0.05, 0) is 37.8 Å². The zero-order valence-corrected chi connectivity index (χ0v) is 13.0. The van der Waals surface area contributed by atoms with E-state index in [9.17, 15) is 4.79 Å². The van der Waals surface area contributed by atoms with E-state index in [1.807, 2.05) is 0 Å². The Balaban J connectivity index is 1.88. The number of rotatable bonds is 4. The Hall–Kier alpha value is -2.35. The summed E-state index contributed by atoms with van der Waals surface area (Å²) < 4.78 is 6.99. The van der Waals surface area contributed by atoms with Crippen LogP contribution in [0.4, 0.5) is 0 Å². The third kappa shape index (κ3) is 2.59. The Kier molecular flexibility index (Phi) is 3.53. The average molecular weight is 330 g/mol. The highest BCUT2D eigenvalue weighted by molar-refractivity contribution is 7.99. The van der Waals surface area contributed by atoms with E-state index < -0.39 is 5.97 Å². The lowest BCUT2D eigenvalue weighted by Gasteiger charge is -2.18.